The molecule has 0 N–H and O–H groups in total. The molecule has 0 unspecified atom stereocenters. The van der Waals surface area contributed by atoms with E-state index in [1.807, 2.05) is 55.6 Å². The van der Waals surface area contributed by atoms with Gasteiger partial charge in [-0.1, -0.05) is 35.5 Å². The average molecular weight is 224 g/mol. The quantitative estimate of drug-likeness (QED) is 0.736. The maximum absolute atomic E-state index is 5.35. The number of para-hydroxylation sites is 1. The van der Waals surface area contributed by atoms with Crippen molar-refractivity contribution in [3.8, 4) is 0 Å². The van der Waals surface area contributed by atoms with E-state index in [-0.39, 0.29) is 0 Å². The van der Waals surface area contributed by atoms with Crippen LogP contribution in [0.15, 0.2) is 53.7 Å². The van der Waals surface area contributed by atoms with Crippen molar-refractivity contribution in [1.29, 1.82) is 0 Å². The first kappa shape index (κ1) is 9.90. The van der Waals surface area contributed by atoms with Gasteiger partial charge in [0.15, 0.2) is 0 Å². The smallest absolute Gasteiger partial charge is 0.115 e. The number of anilines is 1. The highest BCUT2D eigenvalue weighted by Crippen LogP contribution is 2.14. The van der Waals surface area contributed by atoms with Crippen molar-refractivity contribution in [2.45, 2.75) is 6.92 Å². The van der Waals surface area contributed by atoms with Gasteiger partial charge in [-0.15, -0.1) is 0 Å². The molecule has 3 nitrogen and oxygen atoms in total. The number of aryl methyl sites for hydroxylation is 1. The summed E-state index contributed by atoms with van der Waals surface area (Å²) in [5.74, 6) is 0. The molecule has 2 aromatic carbocycles. The summed E-state index contributed by atoms with van der Waals surface area (Å²) in [5.41, 5.74) is 2.14. The van der Waals surface area contributed by atoms with Gasteiger partial charge in [0.2, 0.25) is 0 Å². The minimum atomic E-state index is 0.872. The normalized spacial score (nSPS) is 13.1. The fourth-order valence-electron chi connectivity index (χ4n) is 1.78. The summed E-state index contributed by atoms with van der Waals surface area (Å²) < 4.78 is 0. The van der Waals surface area contributed by atoms with Gasteiger partial charge >= 0.3 is 0 Å². The van der Waals surface area contributed by atoms with E-state index in [2.05, 4.69) is 11.2 Å². The first-order valence-electron chi connectivity index (χ1n) is 5.51. The van der Waals surface area contributed by atoms with Crippen LogP contribution in [0.5, 0.6) is 0 Å². The van der Waals surface area contributed by atoms with E-state index in [1.54, 1.807) is 5.06 Å². The van der Waals surface area contributed by atoms with E-state index in [0.717, 1.165) is 16.3 Å². The predicted octanol–water partition coefficient (Wildman–Crippen LogP) is 1.72. The number of hydrogen-bond acceptors (Lipinski definition) is 3. The van der Waals surface area contributed by atoms with E-state index in [4.69, 9.17) is 4.94 Å². The van der Waals surface area contributed by atoms with E-state index >= 15 is 0 Å². The van der Waals surface area contributed by atoms with Crippen molar-refractivity contribution in [2.75, 3.05) is 5.06 Å². The van der Waals surface area contributed by atoms with E-state index < -0.39 is 0 Å². The van der Waals surface area contributed by atoms with Gasteiger partial charge in [0.1, 0.15) is 5.36 Å². The Morgan fingerprint density at radius 2 is 1.88 bits per heavy atom. The first-order valence-corrected chi connectivity index (χ1v) is 5.51. The van der Waals surface area contributed by atoms with Gasteiger partial charge < -0.3 is 0 Å². The summed E-state index contributed by atoms with van der Waals surface area (Å²) in [6.45, 7) is 2.04. The van der Waals surface area contributed by atoms with Crippen LogP contribution in [-0.4, -0.2) is 0 Å². The van der Waals surface area contributed by atoms with Crippen LogP contribution in [0.4, 0.5) is 5.69 Å². The first-order chi connectivity index (χ1) is 8.33. The number of benzene rings is 2. The van der Waals surface area contributed by atoms with Crippen LogP contribution in [-0.2, 0) is 4.94 Å². The van der Waals surface area contributed by atoms with Gasteiger partial charge in [-0.3, -0.25) is 4.94 Å². The fourth-order valence-corrected chi connectivity index (χ4v) is 1.78. The molecule has 3 rings (SSSR count). The van der Waals surface area contributed by atoms with Gasteiger partial charge in [0.25, 0.3) is 0 Å². The summed E-state index contributed by atoms with van der Waals surface area (Å²) in [7, 11) is 0. The second-order valence-electron chi connectivity index (χ2n) is 4.03. The minimum absolute atomic E-state index is 0.872. The largest absolute Gasteiger partial charge is 0.263 e. The lowest BCUT2D eigenvalue weighted by Gasteiger charge is -2.18. The highest BCUT2D eigenvalue weighted by atomic mass is 16.8. The molecule has 17 heavy (non-hydrogen) atoms. The number of nitrogens with zero attached hydrogens (tertiary/aromatic N) is 2. The number of fused-ring (bicyclic) bond motifs is 1. The Labute approximate surface area is 99.2 Å². The summed E-state index contributed by atoms with van der Waals surface area (Å²) in [6, 6.07) is 16.0. The van der Waals surface area contributed by atoms with Crippen molar-refractivity contribution in [1.82, 2.24) is 0 Å². The SMILES string of the molecule is Cc1ccc2c(c1)=NON(c1ccccc1)C=2. The van der Waals surface area contributed by atoms with Crippen LogP contribution in [0, 0.1) is 6.92 Å². The van der Waals surface area contributed by atoms with Crippen LogP contribution in [0.3, 0.4) is 0 Å². The molecule has 0 saturated carbocycles. The Hall–Kier alpha value is -2.29. The topological polar surface area (TPSA) is 24.8 Å². The molecule has 0 aromatic heterocycles. The summed E-state index contributed by atoms with van der Waals surface area (Å²) in [4.78, 5) is 5.35. The van der Waals surface area contributed by atoms with Crippen molar-refractivity contribution < 1.29 is 4.94 Å². The molecule has 0 saturated heterocycles. The molecule has 0 fully saturated rings. The van der Waals surface area contributed by atoms with Gasteiger partial charge in [0.05, 0.1) is 11.9 Å². The second kappa shape index (κ2) is 3.94. The summed E-state index contributed by atoms with van der Waals surface area (Å²) in [6.07, 6.45) is 1.94. The molecular weight excluding hydrogens is 212 g/mol. The van der Waals surface area contributed by atoms with Crippen LogP contribution in [0.1, 0.15) is 5.56 Å². The van der Waals surface area contributed by atoms with Crippen molar-refractivity contribution >= 4 is 11.9 Å². The maximum Gasteiger partial charge on any atom is 0.115 e. The third-order valence-electron chi connectivity index (χ3n) is 2.68. The lowest BCUT2D eigenvalue weighted by atomic mass is 10.2. The Balaban J connectivity index is 2.07. The third-order valence-corrected chi connectivity index (χ3v) is 2.68. The lowest BCUT2D eigenvalue weighted by Crippen LogP contribution is -2.34. The predicted molar refractivity (Wildman–Crippen MR) is 66.4 cm³/mol. The highest BCUT2D eigenvalue weighted by molar-refractivity contribution is 5.55. The molecule has 0 aliphatic carbocycles. The van der Waals surface area contributed by atoms with E-state index in [1.165, 1.54) is 5.56 Å². The zero-order chi connectivity index (χ0) is 11.7. The Morgan fingerprint density at radius 3 is 2.71 bits per heavy atom. The zero-order valence-corrected chi connectivity index (χ0v) is 9.50. The molecule has 0 atom stereocenters. The van der Waals surface area contributed by atoms with E-state index in [9.17, 15) is 0 Å². The molecule has 2 aromatic rings. The fraction of sp³-hybridized carbons (Fsp3) is 0.0714. The average Bonchev–Trinajstić information content (AvgIpc) is 2.39. The summed E-state index contributed by atoms with van der Waals surface area (Å²) in [5, 5.41) is 7.70. The number of hydrogen-bond donors (Lipinski definition) is 0. The van der Waals surface area contributed by atoms with Gasteiger partial charge in [-0.25, -0.2) is 0 Å². The summed E-state index contributed by atoms with van der Waals surface area (Å²) >= 11 is 0. The number of hydroxylamine groups is 1. The Morgan fingerprint density at radius 1 is 1.06 bits per heavy atom. The van der Waals surface area contributed by atoms with Crippen molar-refractivity contribution in [2.24, 2.45) is 5.16 Å². The van der Waals surface area contributed by atoms with Crippen molar-refractivity contribution in [3.05, 3.63) is 64.7 Å². The zero-order valence-electron chi connectivity index (χ0n) is 9.50. The van der Waals surface area contributed by atoms with Crippen molar-refractivity contribution in [3.63, 3.8) is 0 Å². The van der Waals surface area contributed by atoms with Crippen LogP contribution >= 0.6 is 0 Å². The molecule has 84 valence electrons. The van der Waals surface area contributed by atoms with Crippen LogP contribution in [0.2, 0.25) is 0 Å². The molecule has 1 aliphatic heterocycles. The molecule has 3 heteroatoms. The number of rotatable bonds is 1. The second-order valence-corrected chi connectivity index (χ2v) is 4.03. The van der Waals surface area contributed by atoms with Crippen LogP contribution in [0.25, 0.3) is 6.20 Å². The minimum Gasteiger partial charge on any atom is -0.263 e. The molecule has 0 spiro atoms. The molecule has 1 heterocycles. The maximum atomic E-state index is 5.35. The molecule has 1 aliphatic rings. The van der Waals surface area contributed by atoms with E-state index in [0.29, 0.717) is 0 Å². The standard InChI is InChI=1S/C14H12N2O/c1-11-7-8-12-10-16(17-15-14(12)9-11)13-5-3-2-4-6-13/h2-10H,1H3. The molecule has 0 radical (unpaired) electrons. The van der Waals surface area contributed by atoms with Crippen LogP contribution < -0.4 is 15.6 Å². The Kier molecular flexibility index (Phi) is 2.29. The molecule has 0 bridgehead atoms. The molecular formula is C14H12N2O. The monoisotopic (exact) mass is 224 g/mol. The van der Waals surface area contributed by atoms with Gasteiger partial charge in [-0.2, -0.15) is 5.06 Å². The lowest BCUT2D eigenvalue weighted by molar-refractivity contribution is 0.136. The highest BCUT2D eigenvalue weighted by Gasteiger charge is 2.07. The van der Waals surface area contributed by atoms with Gasteiger partial charge in [0, 0.05) is 5.22 Å². The third kappa shape index (κ3) is 1.87. The Bertz CT molecular complexity index is 650. The van der Waals surface area contributed by atoms with Gasteiger partial charge in [-0.05, 0) is 30.7 Å². The molecule has 0 amide bonds.